The molecule has 1 aliphatic heterocycles. The van der Waals surface area contributed by atoms with Gasteiger partial charge in [0.2, 0.25) is 0 Å². The molecule has 0 saturated carbocycles. The van der Waals surface area contributed by atoms with Gasteiger partial charge >= 0.3 is 0 Å². The average molecular weight is 219 g/mol. The molecule has 0 bridgehead atoms. The molecule has 1 fully saturated rings. The highest BCUT2D eigenvalue weighted by atomic mass is 32.2. The molecule has 5 heteroatoms. The first-order chi connectivity index (χ1) is 6.47. The molecule has 1 heterocycles. The Hall–Kier alpha value is -0.420. The number of nitrogens with zero attached hydrogens (tertiary/aromatic N) is 1. The lowest BCUT2D eigenvalue weighted by atomic mass is 10.1. The van der Waals surface area contributed by atoms with Crippen LogP contribution >= 0.6 is 0 Å². The van der Waals surface area contributed by atoms with E-state index in [2.05, 4.69) is 4.90 Å². The summed E-state index contributed by atoms with van der Waals surface area (Å²) in [6.07, 6.45) is 3.18. The first-order valence-electron chi connectivity index (χ1n) is 4.89. The monoisotopic (exact) mass is 219 g/mol. The van der Waals surface area contributed by atoms with Crippen molar-refractivity contribution < 1.29 is 13.2 Å². The molecule has 0 aromatic heterocycles. The summed E-state index contributed by atoms with van der Waals surface area (Å²) < 4.78 is 21.7. The van der Waals surface area contributed by atoms with Crippen LogP contribution in [0.25, 0.3) is 0 Å². The molecule has 1 saturated heterocycles. The molecule has 0 atom stereocenters. The Bertz CT molecular complexity index is 287. The number of rotatable bonds is 4. The van der Waals surface area contributed by atoms with E-state index in [-0.39, 0.29) is 5.75 Å². The highest BCUT2D eigenvalue weighted by Gasteiger charge is 2.15. The largest absolute Gasteiger partial charge is 0.302 e. The minimum absolute atomic E-state index is 0.247. The third kappa shape index (κ3) is 4.72. The number of ketones is 1. The molecule has 0 N–H and O–H groups in total. The van der Waals surface area contributed by atoms with Crippen LogP contribution in [0.1, 0.15) is 19.3 Å². The minimum Gasteiger partial charge on any atom is -0.302 e. The number of hydrogen-bond donors (Lipinski definition) is 0. The predicted octanol–water partition coefficient (Wildman–Crippen LogP) is 0.0860. The van der Waals surface area contributed by atoms with Gasteiger partial charge in [0, 0.05) is 32.2 Å². The molecule has 1 rings (SSSR count). The summed E-state index contributed by atoms with van der Waals surface area (Å²) in [6, 6.07) is 0. The molecule has 0 aliphatic carbocycles. The van der Waals surface area contributed by atoms with Crippen LogP contribution in [-0.4, -0.2) is 50.7 Å². The first kappa shape index (κ1) is 11.7. The lowest BCUT2D eigenvalue weighted by molar-refractivity contribution is -0.121. The highest BCUT2D eigenvalue weighted by molar-refractivity contribution is 7.90. The van der Waals surface area contributed by atoms with Crippen molar-refractivity contribution in [3.8, 4) is 0 Å². The lowest BCUT2D eigenvalue weighted by Gasteiger charge is -2.25. The standard InChI is InChI=1S/C9H17NO3S/c1-14(12,13)8-2-5-10-6-3-9(11)4-7-10/h2-8H2,1H3. The molecule has 0 radical (unpaired) electrons. The zero-order valence-corrected chi connectivity index (χ0v) is 9.35. The average Bonchev–Trinajstić information content (AvgIpc) is 2.06. The van der Waals surface area contributed by atoms with Crippen molar-refractivity contribution >= 4 is 15.6 Å². The third-order valence-electron chi connectivity index (χ3n) is 2.40. The smallest absolute Gasteiger partial charge is 0.147 e. The van der Waals surface area contributed by atoms with Crippen LogP contribution in [0.3, 0.4) is 0 Å². The second-order valence-corrected chi connectivity index (χ2v) is 6.12. The zero-order chi connectivity index (χ0) is 10.6. The molecule has 0 aromatic rings. The molecule has 82 valence electrons. The Kier molecular flexibility index (Phi) is 4.07. The normalized spacial score (nSPS) is 19.9. The molecular formula is C9H17NO3S. The van der Waals surface area contributed by atoms with Crippen LogP contribution in [0.15, 0.2) is 0 Å². The Labute approximate surface area is 85.2 Å². The van der Waals surface area contributed by atoms with Crippen molar-refractivity contribution in [3.63, 3.8) is 0 Å². The summed E-state index contributed by atoms with van der Waals surface area (Å²) in [5.74, 6) is 0.571. The summed E-state index contributed by atoms with van der Waals surface area (Å²) in [4.78, 5) is 13.1. The number of piperidine rings is 1. The van der Waals surface area contributed by atoms with E-state index in [0.29, 0.717) is 25.0 Å². The van der Waals surface area contributed by atoms with Gasteiger partial charge in [-0.1, -0.05) is 0 Å². The summed E-state index contributed by atoms with van der Waals surface area (Å²) >= 11 is 0. The fourth-order valence-electron chi connectivity index (χ4n) is 1.58. The SMILES string of the molecule is CS(=O)(=O)CCCN1CCC(=O)CC1. The van der Waals surface area contributed by atoms with Gasteiger partial charge < -0.3 is 4.90 Å². The van der Waals surface area contributed by atoms with Crippen molar-refractivity contribution in [2.45, 2.75) is 19.3 Å². The number of Topliss-reactive ketones (excluding diaryl/α,β-unsaturated/α-hetero) is 1. The van der Waals surface area contributed by atoms with E-state index in [4.69, 9.17) is 0 Å². The molecule has 4 nitrogen and oxygen atoms in total. The Morgan fingerprint density at radius 2 is 1.86 bits per heavy atom. The lowest BCUT2D eigenvalue weighted by Crippen LogP contribution is -2.35. The molecule has 0 amide bonds. The first-order valence-corrected chi connectivity index (χ1v) is 6.95. The number of carbonyl (C=O) groups is 1. The quantitative estimate of drug-likeness (QED) is 0.672. The maximum Gasteiger partial charge on any atom is 0.147 e. The molecule has 0 unspecified atom stereocenters. The van der Waals surface area contributed by atoms with Gasteiger partial charge in [0.25, 0.3) is 0 Å². The van der Waals surface area contributed by atoms with Gasteiger partial charge in [-0.2, -0.15) is 0 Å². The van der Waals surface area contributed by atoms with E-state index < -0.39 is 9.84 Å². The van der Waals surface area contributed by atoms with E-state index in [1.165, 1.54) is 6.26 Å². The second kappa shape index (κ2) is 4.89. The summed E-state index contributed by atoms with van der Waals surface area (Å²) in [7, 11) is -2.83. The maximum atomic E-state index is 10.9. The van der Waals surface area contributed by atoms with Crippen molar-refractivity contribution in [2.24, 2.45) is 0 Å². The van der Waals surface area contributed by atoms with Gasteiger partial charge in [-0.15, -0.1) is 0 Å². The molecule has 1 aliphatic rings. The van der Waals surface area contributed by atoms with Crippen molar-refractivity contribution in [1.82, 2.24) is 4.90 Å². The van der Waals surface area contributed by atoms with E-state index in [1.54, 1.807) is 0 Å². The zero-order valence-electron chi connectivity index (χ0n) is 8.53. The molecule has 0 spiro atoms. The predicted molar refractivity (Wildman–Crippen MR) is 55.0 cm³/mol. The van der Waals surface area contributed by atoms with Crippen molar-refractivity contribution in [2.75, 3.05) is 31.6 Å². The fraction of sp³-hybridized carbons (Fsp3) is 0.889. The maximum absolute atomic E-state index is 10.9. The van der Waals surface area contributed by atoms with Crippen LogP contribution in [0.2, 0.25) is 0 Å². The van der Waals surface area contributed by atoms with Crippen LogP contribution in [0.4, 0.5) is 0 Å². The summed E-state index contributed by atoms with van der Waals surface area (Å²) in [6.45, 7) is 2.38. The van der Waals surface area contributed by atoms with E-state index in [0.717, 1.165) is 19.6 Å². The van der Waals surface area contributed by atoms with E-state index in [9.17, 15) is 13.2 Å². The molecule has 14 heavy (non-hydrogen) atoms. The topological polar surface area (TPSA) is 54.5 Å². The fourth-order valence-corrected chi connectivity index (χ4v) is 2.23. The minimum atomic E-state index is -2.83. The van der Waals surface area contributed by atoms with Gasteiger partial charge in [-0.05, 0) is 13.0 Å². The molecule has 0 aromatic carbocycles. The highest BCUT2D eigenvalue weighted by Crippen LogP contribution is 2.06. The van der Waals surface area contributed by atoms with Crippen LogP contribution in [0, 0.1) is 0 Å². The van der Waals surface area contributed by atoms with Gasteiger partial charge in [-0.25, -0.2) is 8.42 Å². The van der Waals surface area contributed by atoms with Crippen LogP contribution in [0.5, 0.6) is 0 Å². The number of likely N-dealkylation sites (tertiary alicyclic amines) is 1. The van der Waals surface area contributed by atoms with E-state index >= 15 is 0 Å². The van der Waals surface area contributed by atoms with Crippen LogP contribution in [-0.2, 0) is 14.6 Å². The van der Waals surface area contributed by atoms with Crippen molar-refractivity contribution in [1.29, 1.82) is 0 Å². The number of hydrogen-bond acceptors (Lipinski definition) is 4. The van der Waals surface area contributed by atoms with Gasteiger partial charge in [-0.3, -0.25) is 4.79 Å². The van der Waals surface area contributed by atoms with Gasteiger partial charge in [0.15, 0.2) is 0 Å². The second-order valence-electron chi connectivity index (χ2n) is 3.86. The molecular weight excluding hydrogens is 202 g/mol. The van der Waals surface area contributed by atoms with E-state index in [1.807, 2.05) is 0 Å². The Morgan fingerprint density at radius 1 is 1.29 bits per heavy atom. The van der Waals surface area contributed by atoms with Crippen molar-refractivity contribution in [3.05, 3.63) is 0 Å². The van der Waals surface area contributed by atoms with Crippen LogP contribution < -0.4 is 0 Å². The number of sulfone groups is 1. The van der Waals surface area contributed by atoms with Gasteiger partial charge in [0.05, 0.1) is 5.75 Å². The summed E-state index contributed by atoms with van der Waals surface area (Å²) in [5, 5.41) is 0. The number of carbonyl (C=O) groups excluding carboxylic acids is 1. The Morgan fingerprint density at radius 3 is 2.36 bits per heavy atom. The third-order valence-corrected chi connectivity index (χ3v) is 3.43. The summed E-state index contributed by atoms with van der Waals surface area (Å²) in [5.41, 5.74) is 0. The Balaban J connectivity index is 2.17. The van der Waals surface area contributed by atoms with Gasteiger partial charge in [0.1, 0.15) is 15.6 Å².